The number of nitrogens with zero attached hydrogens (tertiary/aromatic N) is 3. The lowest BCUT2D eigenvalue weighted by atomic mass is 10.0. The number of hydrogen-bond donors (Lipinski definition) is 1. The molecule has 164 valence electrons. The van der Waals surface area contributed by atoms with Crippen molar-refractivity contribution in [1.82, 2.24) is 20.3 Å². The molecule has 0 aliphatic carbocycles. The number of amides is 1. The van der Waals surface area contributed by atoms with E-state index >= 15 is 0 Å². The zero-order valence-electron chi connectivity index (χ0n) is 17.8. The molecule has 0 saturated carbocycles. The third-order valence-electron chi connectivity index (χ3n) is 5.90. The number of hydrogen-bond acceptors (Lipinski definition) is 6. The van der Waals surface area contributed by atoms with Gasteiger partial charge in [-0.2, -0.15) is 0 Å². The number of carbonyl (C=O) groups excluding carboxylic acids is 1. The van der Waals surface area contributed by atoms with Gasteiger partial charge in [0.05, 0.1) is 25.3 Å². The fraction of sp³-hybridized carbons (Fsp3) is 0.250. The van der Waals surface area contributed by atoms with E-state index < -0.39 is 0 Å². The Labute approximate surface area is 185 Å². The van der Waals surface area contributed by atoms with E-state index in [2.05, 4.69) is 10.4 Å². The Balaban J connectivity index is 1.33. The fourth-order valence-corrected chi connectivity index (χ4v) is 4.15. The Morgan fingerprint density at radius 1 is 1.19 bits per heavy atom. The van der Waals surface area contributed by atoms with Crippen LogP contribution in [0.5, 0.6) is 5.75 Å². The summed E-state index contributed by atoms with van der Waals surface area (Å²) in [6.07, 6.45) is 4.19. The molecule has 0 bridgehead atoms. The van der Waals surface area contributed by atoms with Crippen LogP contribution in [-0.2, 0) is 11.3 Å². The average molecular weight is 434 g/mol. The summed E-state index contributed by atoms with van der Waals surface area (Å²) >= 11 is 0. The number of benzene rings is 2. The predicted molar refractivity (Wildman–Crippen MR) is 115 cm³/mol. The number of fused-ring (bicyclic) bond motifs is 1. The van der Waals surface area contributed by atoms with Gasteiger partial charge in [-0.25, -0.2) is 14.8 Å². The molecule has 7 nitrogen and oxygen atoms in total. The average Bonchev–Trinajstić information content (AvgIpc) is 3.40. The van der Waals surface area contributed by atoms with Gasteiger partial charge >= 0.3 is 0 Å². The molecule has 3 aromatic rings. The molecular formula is C24H23FN4O3. The number of hydrazine groups is 1. The summed E-state index contributed by atoms with van der Waals surface area (Å²) < 4.78 is 24.5. The van der Waals surface area contributed by atoms with Crippen LogP contribution in [0.1, 0.15) is 29.5 Å². The van der Waals surface area contributed by atoms with Gasteiger partial charge in [-0.3, -0.25) is 4.79 Å². The molecule has 1 saturated heterocycles. The van der Waals surface area contributed by atoms with E-state index in [1.165, 1.54) is 12.1 Å². The fourth-order valence-electron chi connectivity index (χ4n) is 4.15. The molecule has 3 heterocycles. The topological polar surface area (TPSA) is 70.8 Å². The number of ether oxygens (including phenoxy) is 1. The number of halogens is 1. The molecule has 8 heteroatoms. The molecule has 5 rings (SSSR count). The van der Waals surface area contributed by atoms with Crippen molar-refractivity contribution in [2.45, 2.75) is 32.0 Å². The van der Waals surface area contributed by atoms with Crippen LogP contribution in [0.15, 0.2) is 65.3 Å². The minimum absolute atomic E-state index is 0.0224. The van der Waals surface area contributed by atoms with Crippen LogP contribution in [0.2, 0.25) is 0 Å². The summed E-state index contributed by atoms with van der Waals surface area (Å²) in [5.41, 5.74) is 5.72. The highest BCUT2D eigenvalue weighted by atomic mass is 19.1. The van der Waals surface area contributed by atoms with Crippen LogP contribution in [0.3, 0.4) is 0 Å². The molecule has 32 heavy (non-hydrogen) atoms. The predicted octanol–water partition coefficient (Wildman–Crippen LogP) is 3.93. The summed E-state index contributed by atoms with van der Waals surface area (Å²) in [5, 5.41) is 1.82. The number of aromatic nitrogens is 1. The molecule has 0 spiro atoms. The molecule has 1 N–H and O–H groups in total. The Hall–Kier alpha value is -3.65. The quantitative estimate of drug-likeness (QED) is 0.656. The zero-order chi connectivity index (χ0) is 22.2. The van der Waals surface area contributed by atoms with E-state index in [0.29, 0.717) is 36.1 Å². The van der Waals surface area contributed by atoms with Crippen LogP contribution < -0.4 is 10.2 Å². The van der Waals surface area contributed by atoms with Gasteiger partial charge in [-0.15, -0.1) is 0 Å². The number of oxazole rings is 1. The van der Waals surface area contributed by atoms with Crippen LogP contribution in [0.4, 0.5) is 4.39 Å². The molecule has 0 radical (unpaired) electrons. The SMILES string of the molecule is COc1ccccc1-c1nc(CN2C=CN3NC(c4ccc(F)cc4)CC3C2=O)c(C)o1. The van der Waals surface area contributed by atoms with Gasteiger partial charge in [-0.05, 0) is 43.2 Å². The van der Waals surface area contributed by atoms with E-state index in [1.807, 2.05) is 42.4 Å². The number of para-hydroxylation sites is 1. The molecule has 1 aromatic heterocycles. The highest BCUT2D eigenvalue weighted by Gasteiger charge is 2.40. The number of methoxy groups -OCH3 is 1. The van der Waals surface area contributed by atoms with Gasteiger partial charge in [0, 0.05) is 12.4 Å². The standard InChI is InChI=1S/C24H23FN4O3/c1-15-20(26-23(32-15)18-5-3-4-6-22(18)31-2)14-28-11-12-29-21(24(28)30)13-19(27-29)16-7-9-17(25)10-8-16/h3-12,19,21,27H,13-14H2,1-2H3. The normalized spacial score (nSPS) is 20.0. The first-order valence-electron chi connectivity index (χ1n) is 10.4. The maximum Gasteiger partial charge on any atom is 0.251 e. The second-order valence-corrected chi connectivity index (χ2v) is 7.88. The Morgan fingerprint density at radius 3 is 2.75 bits per heavy atom. The van der Waals surface area contributed by atoms with Crippen molar-refractivity contribution in [1.29, 1.82) is 0 Å². The second kappa shape index (κ2) is 8.12. The van der Waals surface area contributed by atoms with E-state index in [4.69, 9.17) is 9.15 Å². The maximum absolute atomic E-state index is 13.3. The second-order valence-electron chi connectivity index (χ2n) is 7.88. The zero-order valence-corrected chi connectivity index (χ0v) is 17.8. The van der Waals surface area contributed by atoms with Gasteiger partial charge in [0.15, 0.2) is 0 Å². The van der Waals surface area contributed by atoms with E-state index in [-0.39, 0.29) is 23.8 Å². The highest BCUT2D eigenvalue weighted by Crippen LogP contribution is 2.33. The lowest BCUT2D eigenvalue weighted by Gasteiger charge is -2.31. The summed E-state index contributed by atoms with van der Waals surface area (Å²) in [5.74, 6) is 1.49. The van der Waals surface area contributed by atoms with Crippen molar-refractivity contribution in [2.24, 2.45) is 0 Å². The Kier molecular flexibility index (Phi) is 5.14. The third kappa shape index (κ3) is 3.62. The first kappa shape index (κ1) is 20.3. The van der Waals surface area contributed by atoms with Crippen molar-refractivity contribution >= 4 is 5.91 Å². The van der Waals surface area contributed by atoms with E-state index in [0.717, 1.165) is 11.1 Å². The summed E-state index contributed by atoms with van der Waals surface area (Å²) in [6.45, 7) is 2.15. The van der Waals surface area contributed by atoms with Crippen LogP contribution in [0, 0.1) is 12.7 Å². The minimum Gasteiger partial charge on any atom is -0.496 e. The van der Waals surface area contributed by atoms with Crippen LogP contribution in [-0.4, -0.2) is 34.0 Å². The van der Waals surface area contributed by atoms with Crippen LogP contribution in [0.25, 0.3) is 11.5 Å². The Bertz CT molecular complexity index is 1170. The molecular weight excluding hydrogens is 411 g/mol. The lowest BCUT2D eigenvalue weighted by Crippen LogP contribution is -2.47. The summed E-state index contributed by atoms with van der Waals surface area (Å²) in [7, 11) is 1.60. The monoisotopic (exact) mass is 434 g/mol. The molecule has 2 aliphatic heterocycles. The molecule has 2 unspecified atom stereocenters. The van der Waals surface area contributed by atoms with Gasteiger partial charge in [-0.1, -0.05) is 24.3 Å². The first-order valence-corrected chi connectivity index (χ1v) is 10.4. The molecule has 2 atom stereocenters. The maximum atomic E-state index is 13.3. The van der Waals surface area contributed by atoms with E-state index in [1.54, 1.807) is 30.3 Å². The van der Waals surface area contributed by atoms with Crippen molar-refractivity contribution in [3.8, 4) is 17.2 Å². The number of carbonyl (C=O) groups is 1. The number of nitrogens with one attached hydrogen (secondary N) is 1. The molecule has 1 fully saturated rings. The van der Waals surface area contributed by atoms with Gasteiger partial charge in [0.2, 0.25) is 5.89 Å². The van der Waals surface area contributed by atoms with Gasteiger partial charge < -0.3 is 19.1 Å². The van der Waals surface area contributed by atoms with Crippen molar-refractivity contribution in [3.63, 3.8) is 0 Å². The first-order chi connectivity index (χ1) is 15.5. The Morgan fingerprint density at radius 2 is 1.97 bits per heavy atom. The minimum atomic E-state index is -0.337. The summed E-state index contributed by atoms with van der Waals surface area (Å²) in [6, 6.07) is 13.5. The number of rotatable bonds is 5. The molecule has 2 aliphatic rings. The van der Waals surface area contributed by atoms with Gasteiger partial charge in [0.25, 0.3) is 5.91 Å². The molecule has 1 amide bonds. The highest BCUT2D eigenvalue weighted by molar-refractivity contribution is 5.84. The van der Waals surface area contributed by atoms with Crippen molar-refractivity contribution < 1.29 is 18.3 Å². The van der Waals surface area contributed by atoms with Crippen molar-refractivity contribution in [3.05, 3.63) is 83.8 Å². The number of aryl methyl sites for hydroxylation is 1. The van der Waals surface area contributed by atoms with E-state index in [9.17, 15) is 9.18 Å². The van der Waals surface area contributed by atoms with Crippen LogP contribution >= 0.6 is 0 Å². The summed E-state index contributed by atoms with van der Waals surface area (Å²) in [4.78, 5) is 19.5. The van der Waals surface area contributed by atoms with Gasteiger partial charge in [0.1, 0.15) is 29.1 Å². The largest absolute Gasteiger partial charge is 0.496 e. The third-order valence-corrected chi connectivity index (χ3v) is 5.90. The molecule has 2 aromatic carbocycles. The van der Waals surface area contributed by atoms with Crippen molar-refractivity contribution in [2.75, 3.05) is 7.11 Å². The smallest absolute Gasteiger partial charge is 0.251 e. The lowest BCUT2D eigenvalue weighted by molar-refractivity contribution is -0.135.